The lowest BCUT2D eigenvalue weighted by Gasteiger charge is -2.11. The monoisotopic (exact) mass is 465 g/mol. The molecule has 0 radical (unpaired) electrons. The van der Waals surface area contributed by atoms with Crippen LogP contribution < -0.4 is 11.1 Å². The molecule has 3 N–H and O–H groups in total. The molecule has 5 aromatic rings. The third-order valence-corrected chi connectivity index (χ3v) is 6.39. The Labute approximate surface area is 200 Å². The maximum absolute atomic E-state index is 12.8. The minimum Gasteiger partial charge on any atom is -0.383 e. The van der Waals surface area contributed by atoms with E-state index in [9.17, 15) is 4.79 Å². The van der Waals surface area contributed by atoms with Crippen LogP contribution in [0, 0.1) is 12.8 Å². The number of nitrogens with one attached hydrogen (secondary N) is 1. The number of nitrogen functional groups attached to an aromatic ring is 1. The van der Waals surface area contributed by atoms with Crippen molar-refractivity contribution in [2.45, 2.75) is 19.3 Å². The van der Waals surface area contributed by atoms with E-state index in [1.54, 1.807) is 28.0 Å². The van der Waals surface area contributed by atoms with Crippen LogP contribution in [0.25, 0.3) is 27.8 Å². The molecule has 0 spiro atoms. The first kappa shape index (κ1) is 21.0. The predicted octanol–water partition coefficient (Wildman–Crippen LogP) is 3.24. The molecule has 1 fully saturated rings. The molecule has 174 valence electrons. The fourth-order valence-corrected chi connectivity index (χ4v) is 4.42. The molecule has 10 heteroatoms. The van der Waals surface area contributed by atoms with Crippen molar-refractivity contribution in [3.63, 3.8) is 0 Å². The Hall–Kier alpha value is -4.60. The second-order valence-electron chi connectivity index (χ2n) is 8.88. The van der Waals surface area contributed by atoms with Crippen molar-refractivity contribution in [1.82, 2.24) is 34.5 Å². The van der Waals surface area contributed by atoms with E-state index in [1.165, 1.54) is 0 Å². The summed E-state index contributed by atoms with van der Waals surface area (Å²) >= 11 is 0. The number of pyridine rings is 3. The second-order valence-corrected chi connectivity index (χ2v) is 8.88. The van der Waals surface area contributed by atoms with Crippen LogP contribution >= 0.6 is 0 Å². The van der Waals surface area contributed by atoms with Gasteiger partial charge in [0, 0.05) is 54.9 Å². The Morgan fingerprint density at radius 2 is 2.03 bits per heavy atom. The first-order chi connectivity index (χ1) is 17.0. The van der Waals surface area contributed by atoms with Crippen LogP contribution in [0.4, 0.5) is 11.6 Å². The Morgan fingerprint density at radius 1 is 1.14 bits per heavy atom. The van der Waals surface area contributed by atoms with Gasteiger partial charge in [-0.1, -0.05) is 0 Å². The van der Waals surface area contributed by atoms with Crippen LogP contribution in [0.5, 0.6) is 0 Å². The van der Waals surface area contributed by atoms with Gasteiger partial charge < -0.3 is 11.1 Å². The Bertz CT molecular complexity index is 1570. The van der Waals surface area contributed by atoms with E-state index in [4.69, 9.17) is 5.73 Å². The number of amides is 1. The van der Waals surface area contributed by atoms with Crippen LogP contribution in [0.2, 0.25) is 0 Å². The summed E-state index contributed by atoms with van der Waals surface area (Å²) in [7, 11) is 1.88. The van der Waals surface area contributed by atoms with Gasteiger partial charge in [0.05, 0.1) is 11.9 Å². The maximum Gasteiger partial charge on any atom is 0.229 e. The van der Waals surface area contributed by atoms with E-state index < -0.39 is 0 Å². The van der Waals surface area contributed by atoms with E-state index in [2.05, 4.69) is 30.5 Å². The van der Waals surface area contributed by atoms with Crippen LogP contribution in [0.1, 0.15) is 23.5 Å². The van der Waals surface area contributed by atoms with Crippen molar-refractivity contribution in [3.05, 3.63) is 72.6 Å². The highest BCUT2D eigenvalue weighted by Gasteiger charge is 2.44. The molecule has 0 unspecified atom stereocenters. The molecule has 10 nitrogen and oxygen atoms in total. The van der Waals surface area contributed by atoms with E-state index in [0.717, 1.165) is 39.7 Å². The number of carbonyl (C=O) groups is 1. The zero-order valence-corrected chi connectivity index (χ0v) is 19.3. The number of aryl methyl sites for hydroxylation is 2. The number of fused-ring (bicyclic) bond motifs is 1. The van der Waals surface area contributed by atoms with Crippen molar-refractivity contribution in [2.24, 2.45) is 13.0 Å². The zero-order chi connectivity index (χ0) is 24.1. The molecule has 1 amide bonds. The van der Waals surface area contributed by atoms with E-state index in [1.807, 2.05) is 56.8 Å². The molecule has 5 heterocycles. The van der Waals surface area contributed by atoms with Gasteiger partial charge in [0.1, 0.15) is 11.6 Å². The Kier molecular flexibility index (Phi) is 4.80. The summed E-state index contributed by atoms with van der Waals surface area (Å²) < 4.78 is 3.46. The lowest BCUT2D eigenvalue weighted by Crippen LogP contribution is -2.15. The van der Waals surface area contributed by atoms with Gasteiger partial charge in [0.2, 0.25) is 5.91 Å². The molecule has 1 saturated carbocycles. The lowest BCUT2D eigenvalue weighted by atomic mass is 10.1. The third kappa shape index (κ3) is 3.88. The predicted molar refractivity (Wildman–Crippen MR) is 132 cm³/mol. The highest BCUT2D eigenvalue weighted by atomic mass is 16.2. The standard InChI is InChI=1S/C25H23N9O/c1-14-6-23(34-5-3-4-29-34)28-11-19(14)21-7-15-8-22(27-12-20(15)24(26)31-21)32-25(35)18-9-17(18)16-10-30-33(2)13-16/h3-8,10-13,17-18H,9H2,1-2H3,(H2,26,31)(H,27,32,35)/t17-,18+/m0/s1. The number of rotatable bonds is 5. The van der Waals surface area contributed by atoms with Gasteiger partial charge in [-0.05, 0) is 60.0 Å². The molecule has 1 aliphatic rings. The molecular formula is C25H23N9O. The largest absolute Gasteiger partial charge is 0.383 e. The molecule has 0 bridgehead atoms. The first-order valence-electron chi connectivity index (χ1n) is 11.3. The number of aromatic nitrogens is 7. The van der Waals surface area contributed by atoms with Crippen LogP contribution in [-0.4, -0.2) is 40.4 Å². The van der Waals surface area contributed by atoms with E-state index >= 15 is 0 Å². The third-order valence-electron chi connectivity index (χ3n) is 6.39. The fraction of sp³-hybridized carbons (Fsp3) is 0.200. The van der Waals surface area contributed by atoms with Crippen molar-refractivity contribution < 1.29 is 4.79 Å². The number of hydrogen-bond donors (Lipinski definition) is 2. The fourth-order valence-electron chi connectivity index (χ4n) is 4.42. The molecule has 35 heavy (non-hydrogen) atoms. The van der Waals surface area contributed by atoms with E-state index in [-0.39, 0.29) is 17.7 Å². The van der Waals surface area contributed by atoms with Crippen LogP contribution in [0.15, 0.2) is 61.4 Å². The SMILES string of the molecule is Cc1cc(-n2cccn2)ncc1-c1cc2cc(NC(=O)[C@@H]3C[C@H]3c3cnn(C)c3)ncc2c(N)n1. The normalized spacial score (nSPS) is 17.0. The van der Waals surface area contributed by atoms with Crippen molar-refractivity contribution >= 4 is 28.3 Å². The summed E-state index contributed by atoms with van der Waals surface area (Å²) in [6.07, 6.45) is 11.6. The summed E-state index contributed by atoms with van der Waals surface area (Å²) in [5.41, 5.74) is 9.92. The summed E-state index contributed by atoms with van der Waals surface area (Å²) in [4.78, 5) is 26.3. The van der Waals surface area contributed by atoms with Gasteiger partial charge in [0.25, 0.3) is 0 Å². The second kappa shape index (κ2) is 8.01. The number of hydrogen-bond acceptors (Lipinski definition) is 7. The topological polar surface area (TPSA) is 129 Å². The molecule has 2 atom stereocenters. The summed E-state index contributed by atoms with van der Waals surface area (Å²) in [6, 6.07) is 7.58. The summed E-state index contributed by atoms with van der Waals surface area (Å²) in [5, 5.41) is 13.0. The quantitative estimate of drug-likeness (QED) is 0.407. The van der Waals surface area contributed by atoms with Gasteiger partial charge in [-0.3, -0.25) is 9.48 Å². The average Bonchev–Trinajstić information content (AvgIpc) is 3.22. The Balaban J connectivity index is 1.26. The highest BCUT2D eigenvalue weighted by molar-refractivity contribution is 5.98. The first-order valence-corrected chi connectivity index (χ1v) is 11.3. The average molecular weight is 466 g/mol. The van der Waals surface area contributed by atoms with Crippen LogP contribution in [-0.2, 0) is 11.8 Å². The van der Waals surface area contributed by atoms with E-state index in [0.29, 0.717) is 17.3 Å². The van der Waals surface area contributed by atoms with Gasteiger partial charge in [0.15, 0.2) is 5.82 Å². The molecule has 1 aliphatic carbocycles. The molecule has 0 saturated heterocycles. The number of nitrogens with zero attached hydrogens (tertiary/aromatic N) is 7. The van der Waals surface area contributed by atoms with Crippen molar-refractivity contribution in [2.75, 3.05) is 11.1 Å². The molecule has 5 aromatic heterocycles. The Morgan fingerprint density at radius 3 is 2.77 bits per heavy atom. The smallest absolute Gasteiger partial charge is 0.229 e. The molecule has 0 aliphatic heterocycles. The summed E-state index contributed by atoms with van der Waals surface area (Å²) in [6.45, 7) is 2.00. The van der Waals surface area contributed by atoms with Crippen LogP contribution in [0.3, 0.4) is 0 Å². The highest BCUT2D eigenvalue weighted by Crippen LogP contribution is 2.47. The van der Waals surface area contributed by atoms with Gasteiger partial charge >= 0.3 is 0 Å². The molecular weight excluding hydrogens is 442 g/mol. The van der Waals surface area contributed by atoms with Gasteiger partial charge in [-0.15, -0.1) is 0 Å². The van der Waals surface area contributed by atoms with Crippen molar-refractivity contribution in [3.8, 4) is 17.1 Å². The minimum atomic E-state index is -0.0724. The zero-order valence-electron chi connectivity index (χ0n) is 19.3. The van der Waals surface area contributed by atoms with Gasteiger partial charge in [-0.2, -0.15) is 10.2 Å². The molecule has 0 aromatic carbocycles. The summed E-state index contributed by atoms with van der Waals surface area (Å²) in [5.74, 6) is 1.68. The maximum atomic E-state index is 12.8. The van der Waals surface area contributed by atoms with Gasteiger partial charge in [-0.25, -0.2) is 19.6 Å². The minimum absolute atomic E-state index is 0.0396. The number of anilines is 2. The number of carbonyl (C=O) groups excluding carboxylic acids is 1. The van der Waals surface area contributed by atoms with Crippen molar-refractivity contribution in [1.29, 1.82) is 0 Å². The molecule has 6 rings (SSSR count). The number of nitrogens with two attached hydrogens (primary N) is 1. The lowest BCUT2D eigenvalue weighted by molar-refractivity contribution is -0.117.